The van der Waals surface area contributed by atoms with Crippen LogP contribution in [0.3, 0.4) is 0 Å². The monoisotopic (exact) mass is 472 g/mol. The maximum absolute atomic E-state index is 13.8. The Labute approximate surface area is 189 Å². The molecule has 0 N–H and O–H groups in total. The van der Waals surface area contributed by atoms with Crippen LogP contribution in [0.2, 0.25) is 0 Å². The van der Waals surface area contributed by atoms with E-state index in [0.717, 1.165) is 48.1 Å². The van der Waals surface area contributed by atoms with Gasteiger partial charge in [-0.15, -0.1) is 0 Å². The molecule has 0 fully saturated rings. The Kier molecular flexibility index (Phi) is 2.92. The number of imidazole rings is 1. The third-order valence-corrected chi connectivity index (χ3v) is 7.64. The third kappa shape index (κ3) is 1.80. The average Bonchev–Trinajstić information content (AvgIpc) is 3.37. The summed E-state index contributed by atoms with van der Waals surface area (Å²) in [6.07, 6.45) is 0. The van der Waals surface area contributed by atoms with E-state index in [-0.39, 0.29) is 5.56 Å². The molecule has 2 aromatic heterocycles. The van der Waals surface area contributed by atoms with Crippen molar-refractivity contribution in [2.45, 2.75) is 0 Å². The lowest BCUT2D eigenvalue weighted by molar-refractivity contribution is 1.19. The standard InChI is InChI=1S/C28H13BrN2O/c29-22-12-11-20-25-17(22)8-4-10-19(25)27-30-23-13-21-15-6-2-1-5-14(15)16-7-3-9-18(24(16)21)26(23)31(27)28(20)32/h1-13H. The number of pyridine rings is 1. The molecule has 6 aromatic carbocycles. The van der Waals surface area contributed by atoms with Gasteiger partial charge in [0.25, 0.3) is 5.56 Å². The molecule has 0 saturated heterocycles. The van der Waals surface area contributed by atoms with Gasteiger partial charge in [0.2, 0.25) is 0 Å². The average molecular weight is 473 g/mol. The van der Waals surface area contributed by atoms with E-state index < -0.39 is 0 Å². The van der Waals surface area contributed by atoms with Crippen LogP contribution < -0.4 is 5.56 Å². The number of halogens is 1. The summed E-state index contributed by atoms with van der Waals surface area (Å²) >= 11 is 3.65. The molecule has 0 spiro atoms. The Balaban J connectivity index is 1.74. The minimum atomic E-state index is -0.0186. The molecule has 0 unspecified atom stereocenters. The van der Waals surface area contributed by atoms with Crippen molar-refractivity contribution in [1.82, 2.24) is 9.38 Å². The smallest absolute Gasteiger partial charge is 0.264 e. The summed E-state index contributed by atoms with van der Waals surface area (Å²) in [5.41, 5.74) is 2.45. The minimum absolute atomic E-state index is 0.0186. The zero-order valence-corrected chi connectivity index (χ0v) is 18.3. The van der Waals surface area contributed by atoms with Gasteiger partial charge in [-0.3, -0.25) is 9.20 Å². The number of hydrogen-bond acceptors (Lipinski definition) is 2. The highest BCUT2D eigenvalue weighted by atomic mass is 79.9. The van der Waals surface area contributed by atoms with E-state index in [1.165, 1.54) is 26.9 Å². The quantitative estimate of drug-likeness (QED) is 0.233. The molecule has 0 aliphatic rings. The summed E-state index contributed by atoms with van der Waals surface area (Å²) in [6, 6.07) is 27.1. The molecule has 0 saturated carbocycles. The molecule has 148 valence electrons. The fourth-order valence-corrected chi connectivity index (χ4v) is 6.13. The first-order valence-electron chi connectivity index (χ1n) is 10.6. The van der Waals surface area contributed by atoms with Crippen LogP contribution in [0.5, 0.6) is 0 Å². The minimum Gasteiger partial charge on any atom is -0.268 e. The van der Waals surface area contributed by atoms with E-state index in [1.54, 1.807) is 0 Å². The van der Waals surface area contributed by atoms with Crippen molar-refractivity contribution >= 4 is 86.5 Å². The van der Waals surface area contributed by atoms with E-state index in [0.29, 0.717) is 0 Å². The van der Waals surface area contributed by atoms with Gasteiger partial charge in [0.15, 0.2) is 0 Å². The maximum atomic E-state index is 13.8. The summed E-state index contributed by atoms with van der Waals surface area (Å²) in [5, 5.41) is 10.9. The van der Waals surface area contributed by atoms with E-state index in [4.69, 9.17) is 4.98 Å². The second-order valence-electron chi connectivity index (χ2n) is 8.46. The highest BCUT2D eigenvalue weighted by Gasteiger charge is 2.21. The van der Waals surface area contributed by atoms with Crippen molar-refractivity contribution < 1.29 is 0 Å². The van der Waals surface area contributed by atoms with Gasteiger partial charge >= 0.3 is 0 Å². The van der Waals surface area contributed by atoms with Gasteiger partial charge in [0.1, 0.15) is 5.65 Å². The SMILES string of the molecule is O=c1c2ccc(Br)c3cccc(c32)c2nc3cc4c5ccccc5c5cccc(c54)c3n12. The molecule has 3 nitrogen and oxygen atoms in total. The molecular formula is C28H13BrN2O. The maximum Gasteiger partial charge on any atom is 0.264 e. The topological polar surface area (TPSA) is 34.4 Å². The first-order chi connectivity index (χ1) is 15.7. The number of aromatic nitrogens is 2. The van der Waals surface area contributed by atoms with Gasteiger partial charge < -0.3 is 0 Å². The Morgan fingerprint density at radius 2 is 1.28 bits per heavy atom. The summed E-state index contributed by atoms with van der Waals surface area (Å²) < 4.78 is 2.81. The molecule has 0 aliphatic heterocycles. The second-order valence-corrected chi connectivity index (χ2v) is 9.32. The van der Waals surface area contributed by atoms with Crippen molar-refractivity contribution in [1.29, 1.82) is 0 Å². The molecule has 0 amide bonds. The van der Waals surface area contributed by atoms with E-state index in [9.17, 15) is 4.79 Å². The Morgan fingerprint density at radius 1 is 0.625 bits per heavy atom. The molecule has 0 aliphatic carbocycles. The fourth-order valence-electron chi connectivity index (χ4n) is 5.67. The summed E-state index contributed by atoms with van der Waals surface area (Å²) in [5.74, 6) is 0. The van der Waals surface area contributed by atoms with Gasteiger partial charge in [0.05, 0.1) is 11.0 Å². The fraction of sp³-hybridized carbons (Fsp3) is 0. The Morgan fingerprint density at radius 3 is 2.12 bits per heavy atom. The number of rotatable bonds is 0. The second kappa shape index (κ2) is 5.53. The number of fused-ring (bicyclic) bond motifs is 8. The highest BCUT2D eigenvalue weighted by Crippen LogP contribution is 2.42. The molecule has 2 heterocycles. The third-order valence-electron chi connectivity index (χ3n) is 6.94. The van der Waals surface area contributed by atoms with Crippen LogP contribution in [-0.2, 0) is 0 Å². The molecule has 0 radical (unpaired) electrons. The van der Waals surface area contributed by atoms with Crippen molar-refractivity contribution in [2.75, 3.05) is 0 Å². The summed E-state index contributed by atoms with van der Waals surface area (Å²) in [7, 11) is 0. The number of benzene rings is 5. The molecule has 32 heavy (non-hydrogen) atoms. The van der Waals surface area contributed by atoms with E-state index >= 15 is 0 Å². The molecule has 0 atom stereocenters. The Bertz CT molecular complexity index is 2120. The number of hydrogen-bond donors (Lipinski definition) is 0. The predicted octanol–water partition coefficient (Wildman–Crippen LogP) is 7.25. The summed E-state index contributed by atoms with van der Waals surface area (Å²) in [4.78, 5) is 18.9. The van der Waals surface area contributed by atoms with Gasteiger partial charge in [0, 0.05) is 26.0 Å². The molecule has 8 rings (SSSR count). The van der Waals surface area contributed by atoms with Crippen LogP contribution in [-0.4, -0.2) is 9.38 Å². The largest absolute Gasteiger partial charge is 0.268 e. The Hall–Kier alpha value is -3.76. The van der Waals surface area contributed by atoms with Crippen LogP contribution in [0.1, 0.15) is 0 Å². The first-order valence-corrected chi connectivity index (χ1v) is 11.4. The van der Waals surface area contributed by atoms with Crippen molar-refractivity contribution in [3.05, 3.63) is 93.7 Å². The lowest BCUT2D eigenvalue weighted by Crippen LogP contribution is -2.13. The van der Waals surface area contributed by atoms with Crippen molar-refractivity contribution in [2.24, 2.45) is 0 Å². The van der Waals surface area contributed by atoms with Crippen LogP contribution in [0.15, 0.2) is 88.1 Å². The van der Waals surface area contributed by atoms with Gasteiger partial charge in [-0.25, -0.2) is 4.98 Å². The zero-order valence-electron chi connectivity index (χ0n) is 16.7. The van der Waals surface area contributed by atoms with Gasteiger partial charge in [-0.2, -0.15) is 0 Å². The van der Waals surface area contributed by atoms with Crippen molar-refractivity contribution in [3.8, 4) is 0 Å². The molecule has 8 aromatic rings. The molecule has 4 heteroatoms. The molecular weight excluding hydrogens is 460 g/mol. The number of nitrogens with zero attached hydrogens (tertiary/aromatic N) is 2. The van der Waals surface area contributed by atoms with E-state index in [1.807, 2.05) is 28.7 Å². The highest BCUT2D eigenvalue weighted by molar-refractivity contribution is 9.10. The van der Waals surface area contributed by atoms with Crippen LogP contribution >= 0.6 is 15.9 Å². The molecule has 0 bridgehead atoms. The van der Waals surface area contributed by atoms with Crippen LogP contribution in [0.4, 0.5) is 0 Å². The van der Waals surface area contributed by atoms with Crippen LogP contribution in [0, 0.1) is 0 Å². The zero-order chi connectivity index (χ0) is 21.1. The lowest BCUT2D eigenvalue weighted by Gasteiger charge is -2.09. The lowest BCUT2D eigenvalue weighted by atomic mass is 10.0. The van der Waals surface area contributed by atoms with E-state index in [2.05, 4.69) is 70.5 Å². The predicted molar refractivity (Wildman–Crippen MR) is 137 cm³/mol. The van der Waals surface area contributed by atoms with Crippen molar-refractivity contribution in [3.63, 3.8) is 0 Å². The normalized spacial score (nSPS) is 12.7. The summed E-state index contributed by atoms with van der Waals surface area (Å²) in [6.45, 7) is 0. The van der Waals surface area contributed by atoms with Crippen LogP contribution in [0.25, 0.3) is 70.5 Å². The van der Waals surface area contributed by atoms with Gasteiger partial charge in [-0.05, 0) is 50.5 Å². The first kappa shape index (κ1) is 16.9. The van der Waals surface area contributed by atoms with Gasteiger partial charge in [-0.1, -0.05) is 76.6 Å².